The van der Waals surface area contributed by atoms with E-state index in [-0.39, 0.29) is 37.6 Å². The first-order valence-electron chi connectivity index (χ1n) is 9.22. The van der Waals surface area contributed by atoms with Gasteiger partial charge in [-0.15, -0.1) is 0 Å². The van der Waals surface area contributed by atoms with Crippen molar-refractivity contribution in [3.05, 3.63) is 64.4 Å². The molecule has 3 aliphatic heterocycles. The lowest BCUT2D eigenvalue weighted by Gasteiger charge is -2.32. The fourth-order valence-corrected chi connectivity index (χ4v) is 4.25. The Morgan fingerprint density at radius 3 is 2.46 bits per heavy atom. The van der Waals surface area contributed by atoms with Crippen molar-refractivity contribution in [2.45, 2.75) is 26.2 Å². The van der Waals surface area contributed by atoms with Crippen LogP contribution in [0.4, 0.5) is 5.69 Å². The van der Waals surface area contributed by atoms with Crippen LogP contribution in [0.2, 0.25) is 0 Å². The lowest BCUT2D eigenvalue weighted by atomic mass is 9.84. The Morgan fingerprint density at radius 1 is 0.929 bits per heavy atom. The zero-order valence-corrected chi connectivity index (χ0v) is 15.7. The monoisotopic (exact) mass is 377 g/mol. The fourth-order valence-electron chi connectivity index (χ4n) is 4.25. The summed E-state index contributed by atoms with van der Waals surface area (Å²) in [4.78, 5) is 27.4. The smallest absolute Gasteiger partial charge is 0.336 e. The summed E-state index contributed by atoms with van der Waals surface area (Å²) < 4.78 is 16.2. The van der Waals surface area contributed by atoms with E-state index in [1.54, 1.807) is 4.90 Å². The highest BCUT2D eigenvalue weighted by molar-refractivity contribution is 6.06. The Kier molecular flexibility index (Phi) is 3.69. The number of cyclic esters (lactones) is 1. The van der Waals surface area contributed by atoms with Crippen LogP contribution in [-0.2, 0) is 14.3 Å². The van der Waals surface area contributed by atoms with Crippen LogP contribution >= 0.6 is 0 Å². The Bertz CT molecular complexity index is 1030. The predicted molar refractivity (Wildman–Crippen MR) is 101 cm³/mol. The van der Waals surface area contributed by atoms with Crippen molar-refractivity contribution in [3.63, 3.8) is 0 Å². The normalized spacial score (nSPS) is 20.5. The number of carbonyl (C=O) groups excluding carboxylic acids is 2. The van der Waals surface area contributed by atoms with E-state index in [0.717, 1.165) is 22.4 Å². The third kappa shape index (κ3) is 2.56. The number of benzene rings is 2. The van der Waals surface area contributed by atoms with Crippen LogP contribution in [0, 0.1) is 13.8 Å². The fraction of sp³-hybridized carbons (Fsp3) is 0.273. The van der Waals surface area contributed by atoms with E-state index in [1.807, 2.05) is 44.2 Å². The molecular formula is C22H19NO5. The summed E-state index contributed by atoms with van der Waals surface area (Å²) in [5, 5.41) is 0. The molecule has 0 spiro atoms. The standard InChI is InChI=1S/C22H19NO5/c1-12-5-13(2)7-15(6-12)23-17-10-26-22(25)21(17)16(9-20(23)24)14-3-4-18-19(8-14)28-11-27-18/h3-8,16H,9-11H2,1-2H3/t16-/m1/s1. The van der Waals surface area contributed by atoms with E-state index >= 15 is 0 Å². The van der Waals surface area contributed by atoms with Gasteiger partial charge in [-0.2, -0.15) is 0 Å². The van der Waals surface area contributed by atoms with E-state index in [9.17, 15) is 9.59 Å². The molecule has 0 bridgehead atoms. The molecule has 0 aromatic heterocycles. The molecule has 0 unspecified atom stereocenters. The highest BCUT2D eigenvalue weighted by atomic mass is 16.7. The molecule has 142 valence electrons. The molecule has 0 saturated carbocycles. The van der Waals surface area contributed by atoms with E-state index in [0.29, 0.717) is 22.8 Å². The molecule has 0 N–H and O–H groups in total. The van der Waals surface area contributed by atoms with Crippen molar-refractivity contribution in [1.29, 1.82) is 0 Å². The number of carbonyl (C=O) groups is 2. The maximum absolute atomic E-state index is 13.2. The van der Waals surface area contributed by atoms with E-state index in [2.05, 4.69) is 6.07 Å². The molecule has 5 rings (SSSR count). The van der Waals surface area contributed by atoms with Gasteiger partial charge in [-0.05, 0) is 54.8 Å². The predicted octanol–water partition coefficient (Wildman–Crippen LogP) is 3.36. The van der Waals surface area contributed by atoms with Crippen molar-refractivity contribution in [1.82, 2.24) is 0 Å². The molecule has 0 radical (unpaired) electrons. The van der Waals surface area contributed by atoms with Gasteiger partial charge in [0.25, 0.3) is 0 Å². The molecule has 1 atom stereocenters. The van der Waals surface area contributed by atoms with Crippen LogP contribution < -0.4 is 14.4 Å². The topological polar surface area (TPSA) is 65.1 Å². The minimum Gasteiger partial charge on any atom is -0.456 e. The molecule has 0 fully saturated rings. The van der Waals surface area contributed by atoms with Crippen molar-refractivity contribution in [3.8, 4) is 11.5 Å². The number of hydrogen-bond acceptors (Lipinski definition) is 5. The number of amides is 1. The number of nitrogens with zero attached hydrogens (tertiary/aromatic N) is 1. The van der Waals surface area contributed by atoms with Gasteiger partial charge >= 0.3 is 5.97 Å². The van der Waals surface area contributed by atoms with Crippen molar-refractivity contribution < 1.29 is 23.8 Å². The number of rotatable bonds is 2. The summed E-state index contributed by atoms with van der Waals surface area (Å²) in [6, 6.07) is 11.5. The van der Waals surface area contributed by atoms with E-state index < -0.39 is 0 Å². The summed E-state index contributed by atoms with van der Waals surface area (Å²) in [7, 11) is 0. The zero-order chi connectivity index (χ0) is 19.4. The number of esters is 1. The third-order valence-corrected chi connectivity index (χ3v) is 5.38. The molecule has 6 nitrogen and oxygen atoms in total. The lowest BCUT2D eigenvalue weighted by molar-refractivity contribution is -0.136. The highest BCUT2D eigenvalue weighted by Gasteiger charge is 2.43. The second-order valence-electron chi connectivity index (χ2n) is 7.38. The molecule has 2 aromatic rings. The van der Waals surface area contributed by atoms with Crippen molar-refractivity contribution in [2.75, 3.05) is 18.3 Å². The highest BCUT2D eigenvalue weighted by Crippen LogP contribution is 2.44. The van der Waals surface area contributed by atoms with Gasteiger partial charge in [0.05, 0.1) is 11.3 Å². The molecule has 6 heteroatoms. The molecule has 3 heterocycles. The van der Waals surface area contributed by atoms with Crippen LogP contribution in [0.15, 0.2) is 47.7 Å². The first-order chi connectivity index (χ1) is 13.5. The maximum Gasteiger partial charge on any atom is 0.336 e. The van der Waals surface area contributed by atoms with Crippen molar-refractivity contribution >= 4 is 17.6 Å². The Morgan fingerprint density at radius 2 is 1.68 bits per heavy atom. The Hall–Kier alpha value is -3.28. The maximum atomic E-state index is 13.2. The number of hydrogen-bond donors (Lipinski definition) is 0. The summed E-state index contributed by atoms with van der Waals surface area (Å²) in [5.41, 5.74) is 4.94. The SMILES string of the molecule is Cc1cc(C)cc(N2C(=O)C[C@H](c3ccc4c(c3)OCO4)C3=C2COC3=O)c1. The molecule has 3 aliphatic rings. The second kappa shape index (κ2) is 6.12. The van der Waals surface area contributed by atoms with Crippen molar-refractivity contribution in [2.24, 2.45) is 0 Å². The molecule has 0 aliphatic carbocycles. The summed E-state index contributed by atoms with van der Waals surface area (Å²) in [5.74, 6) is 0.541. The Labute approximate surface area is 162 Å². The third-order valence-electron chi connectivity index (χ3n) is 5.38. The van der Waals surface area contributed by atoms with Gasteiger partial charge in [0, 0.05) is 18.0 Å². The van der Waals surface area contributed by atoms with Crippen LogP contribution in [-0.4, -0.2) is 25.3 Å². The van der Waals surface area contributed by atoms with E-state index in [1.165, 1.54) is 0 Å². The van der Waals surface area contributed by atoms with Crippen LogP contribution in [0.3, 0.4) is 0 Å². The molecule has 28 heavy (non-hydrogen) atoms. The first-order valence-corrected chi connectivity index (χ1v) is 9.22. The van der Waals surface area contributed by atoms with Gasteiger partial charge in [0.2, 0.25) is 12.7 Å². The minimum atomic E-state index is -0.362. The lowest BCUT2D eigenvalue weighted by Crippen LogP contribution is -2.37. The zero-order valence-electron chi connectivity index (χ0n) is 15.7. The van der Waals surface area contributed by atoms with Crippen LogP contribution in [0.1, 0.15) is 29.0 Å². The van der Waals surface area contributed by atoms with Gasteiger partial charge in [0.1, 0.15) is 6.61 Å². The van der Waals surface area contributed by atoms with Gasteiger partial charge in [-0.3, -0.25) is 9.69 Å². The van der Waals surface area contributed by atoms with Gasteiger partial charge < -0.3 is 14.2 Å². The molecular weight excluding hydrogens is 358 g/mol. The van der Waals surface area contributed by atoms with Crippen LogP contribution in [0.25, 0.3) is 0 Å². The Balaban J connectivity index is 1.62. The van der Waals surface area contributed by atoms with Gasteiger partial charge in [-0.1, -0.05) is 12.1 Å². The van der Waals surface area contributed by atoms with E-state index in [4.69, 9.17) is 14.2 Å². The second-order valence-corrected chi connectivity index (χ2v) is 7.38. The number of fused-ring (bicyclic) bond motifs is 1. The first kappa shape index (κ1) is 16.9. The minimum absolute atomic E-state index is 0.0512. The average Bonchev–Trinajstić information content (AvgIpc) is 3.26. The average molecular weight is 377 g/mol. The van der Waals surface area contributed by atoms with Gasteiger partial charge in [-0.25, -0.2) is 4.79 Å². The summed E-state index contributed by atoms with van der Waals surface area (Å²) in [6.45, 7) is 4.27. The summed E-state index contributed by atoms with van der Waals surface area (Å²) in [6.07, 6.45) is 0.195. The molecule has 2 aromatic carbocycles. The van der Waals surface area contributed by atoms with Gasteiger partial charge in [0.15, 0.2) is 11.5 Å². The largest absolute Gasteiger partial charge is 0.456 e. The molecule has 1 amide bonds. The number of ether oxygens (including phenoxy) is 3. The molecule has 0 saturated heterocycles. The number of anilines is 1. The number of aryl methyl sites for hydroxylation is 2. The van der Waals surface area contributed by atoms with Crippen LogP contribution in [0.5, 0.6) is 11.5 Å². The summed E-state index contributed by atoms with van der Waals surface area (Å²) >= 11 is 0. The quantitative estimate of drug-likeness (QED) is 0.751.